The molecule has 0 aromatic rings. The van der Waals surface area contributed by atoms with Crippen molar-refractivity contribution in [2.45, 2.75) is 12.6 Å². The molecule has 0 bridgehead atoms. The van der Waals surface area contributed by atoms with Gasteiger partial charge < -0.3 is 21.3 Å². The summed E-state index contributed by atoms with van der Waals surface area (Å²) in [5.74, 6) is 0. The fourth-order valence-corrected chi connectivity index (χ4v) is 0.287. The van der Waals surface area contributed by atoms with E-state index in [-0.39, 0.29) is 6.73 Å². The molecule has 0 aromatic carbocycles. The van der Waals surface area contributed by atoms with Gasteiger partial charge >= 0.3 is 0 Å². The molecule has 0 aromatic heterocycles. The normalized spacial score (nSPS) is 13.9. The van der Waals surface area contributed by atoms with Crippen LogP contribution in [0.1, 0.15) is 6.42 Å². The van der Waals surface area contributed by atoms with Crippen molar-refractivity contribution in [1.82, 2.24) is 0 Å². The number of nitrogens with two attached hydrogens (primary N) is 2. The van der Waals surface area contributed by atoms with E-state index in [1.54, 1.807) is 0 Å². The van der Waals surface area contributed by atoms with E-state index >= 15 is 0 Å². The van der Waals surface area contributed by atoms with Crippen LogP contribution in [0.15, 0.2) is 0 Å². The van der Waals surface area contributed by atoms with Gasteiger partial charge in [0, 0.05) is 6.42 Å². The van der Waals surface area contributed by atoms with E-state index in [9.17, 15) is 0 Å². The lowest BCUT2D eigenvalue weighted by Gasteiger charge is -2.01. The summed E-state index contributed by atoms with van der Waals surface area (Å²) in [7, 11) is 0. The molecule has 0 saturated carbocycles. The molecular weight excluding hydrogens is 108 g/mol. The predicted octanol–water partition coefficient (Wildman–Crippen LogP) is -1.41. The Kier molecular flexibility index (Phi) is 4.89. The summed E-state index contributed by atoms with van der Waals surface area (Å²) in [5, 5.41) is 8.44. The molecule has 50 valence electrons. The lowest BCUT2D eigenvalue weighted by molar-refractivity contribution is 0.0882. The number of aliphatic hydroxyl groups is 1. The first-order valence-electron chi connectivity index (χ1n) is 2.49. The van der Waals surface area contributed by atoms with Crippen LogP contribution in [0.25, 0.3) is 0 Å². The van der Waals surface area contributed by atoms with Gasteiger partial charge in [-0.2, -0.15) is 0 Å². The third kappa shape index (κ3) is 5.84. The molecule has 5 N–H and O–H groups in total. The zero-order valence-electron chi connectivity index (χ0n) is 4.71. The van der Waals surface area contributed by atoms with Gasteiger partial charge in [-0.25, -0.2) is 0 Å². The lowest BCUT2D eigenvalue weighted by Crippen LogP contribution is -2.21. The van der Waals surface area contributed by atoms with Crippen LogP contribution >= 0.6 is 0 Å². The smallest absolute Gasteiger partial charge is 0.104 e. The van der Waals surface area contributed by atoms with Gasteiger partial charge in [-0.3, -0.25) is 0 Å². The van der Waals surface area contributed by atoms with Crippen molar-refractivity contribution in [1.29, 1.82) is 0 Å². The molecule has 8 heavy (non-hydrogen) atoms. The summed E-state index contributed by atoms with van der Waals surface area (Å²) in [5.41, 5.74) is 9.94. The first-order valence-corrected chi connectivity index (χ1v) is 2.49. The molecule has 0 saturated heterocycles. The van der Waals surface area contributed by atoms with E-state index in [4.69, 9.17) is 16.6 Å². The molecule has 4 heteroatoms. The van der Waals surface area contributed by atoms with Gasteiger partial charge in [0.05, 0.1) is 13.3 Å². The first kappa shape index (κ1) is 7.84. The van der Waals surface area contributed by atoms with Crippen molar-refractivity contribution < 1.29 is 9.84 Å². The molecule has 1 unspecified atom stereocenters. The minimum atomic E-state index is -0.776. The number of ether oxygens (including phenoxy) is 1. The van der Waals surface area contributed by atoms with E-state index in [0.717, 1.165) is 0 Å². The van der Waals surface area contributed by atoms with Crippen LogP contribution in [0.4, 0.5) is 0 Å². The second-order valence-corrected chi connectivity index (χ2v) is 1.43. The Morgan fingerprint density at radius 1 is 1.62 bits per heavy atom. The molecule has 0 fully saturated rings. The van der Waals surface area contributed by atoms with Crippen LogP contribution in [0, 0.1) is 0 Å². The summed E-state index contributed by atoms with van der Waals surface area (Å²) in [6, 6.07) is 0. The minimum absolute atomic E-state index is 0.187. The van der Waals surface area contributed by atoms with Crippen molar-refractivity contribution >= 4 is 0 Å². The van der Waals surface area contributed by atoms with Crippen LogP contribution in [-0.2, 0) is 4.74 Å². The van der Waals surface area contributed by atoms with Gasteiger partial charge in [0.15, 0.2) is 0 Å². The molecular formula is C4H12N2O2. The molecule has 1 atom stereocenters. The highest BCUT2D eigenvalue weighted by molar-refractivity contribution is 4.40. The lowest BCUT2D eigenvalue weighted by atomic mass is 10.4. The molecule has 0 aliphatic carbocycles. The highest BCUT2D eigenvalue weighted by atomic mass is 16.5. The zero-order valence-corrected chi connectivity index (χ0v) is 4.71. The van der Waals surface area contributed by atoms with Crippen LogP contribution < -0.4 is 11.5 Å². The Morgan fingerprint density at radius 3 is 2.62 bits per heavy atom. The van der Waals surface area contributed by atoms with Crippen molar-refractivity contribution in [3.63, 3.8) is 0 Å². The van der Waals surface area contributed by atoms with E-state index in [1.807, 2.05) is 0 Å². The van der Waals surface area contributed by atoms with Crippen LogP contribution in [0.2, 0.25) is 0 Å². The van der Waals surface area contributed by atoms with Crippen molar-refractivity contribution in [3.8, 4) is 0 Å². The van der Waals surface area contributed by atoms with E-state index in [0.29, 0.717) is 13.0 Å². The summed E-state index contributed by atoms with van der Waals surface area (Å²) in [4.78, 5) is 0. The quantitative estimate of drug-likeness (QED) is 0.314. The highest BCUT2D eigenvalue weighted by Crippen LogP contribution is 1.81. The van der Waals surface area contributed by atoms with E-state index in [2.05, 4.69) is 4.74 Å². The third-order valence-corrected chi connectivity index (χ3v) is 0.676. The largest absolute Gasteiger partial charge is 0.379 e. The van der Waals surface area contributed by atoms with Crippen LogP contribution in [0.3, 0.4) is 0 Å². The van der Waals surface area contributed by atoms with Gasteiger partial charge in [-0.1, -0.05) is 0 Å². The maximum Gasteiger partial charge on any atom is 0.104 e. The number of aliphatic hydroxyl groups excluding tert-OH is 1. The summed E-state index contributed by atoms with van der Waals surface area (Å²) in [6.45, 7) is 0.612. The predicted molar refractivity (Wildman–Crippen MR) is 29.8 cm³/mol. The monoisotopic (exact) mass is 120 g/mol. The third-order valence-electron chi connectivity index (χ3n) is 0.676. The van der Waals surface area contributed by atoms with Crippen LogP contribution in [0.5, 0.6) is 0 Å². The van der Waals surface area contributed by atoms with Gasteiger partial charge in [-0.05, 0) is 0 Å². The van der Waals surface area contributed by atoms with Crippen LogP contribution in [-0.4, -0.2) is 24.7 Å². The standard InChI is InChI=1S/C4H12N2O2/c5-3-8-2-1-4(6)7/h4,7H,1-3,5-6H2. The average molecular weight is 120 g/mol. The molecule has 0 aliphatic rings. The fourth-order valence-electron chi connectivity index (χ4n) is 0.287. The Hall–Kier alpha value is -0.160. The Bertz CT molecular complexity index is 49.3. The Morgan fingerprint density at radius 2 is 2.25 bits per heavy atom. The molecule has 0 spiro atoms. The van der Waals surface area contributed by atoms with Crippen molar-refractivity contribution in [2.75, 3.05) is 13.3 Å². The maximum atomic E-state index is 8.44. The SMILES string of the molecule is NCOCCC(N)O. The number of rotatable bonds is 4. The topological polar surface area (TPSA) is 81.5 Å². The van der Waals surface area contributed by atoms with Gasteiger partial charge in [0.2, 0.25) is 0 Å². The fraction of sp³-hybridized carbons (Fsp3) is 1.00. The maximum absolute atomic E-state index is 8.44. The summed E-state index contributed by atoms with van der Waals surface area (Å²) < 4.78 is 4.68. The van der Waals surface area contributed by atoms with Gasteiger partial charge in [0.25, 0.3) is 0 Å². The minimum Gasteiger partial charge on any atom is -0.379 e. The molecule has 0 rings (SSSR count). The molecule has 0 amide bonds. The molecule has 0 radical (unpaired) electrons. The van der Waals surface area contributed by atoms with Gasteiger partial charge in [-0.15, -0.1) is 0 Å². The summed E-state index contributed by atoms with van der Waals surface area (Å²) in [6.07, 6.45) is -0.335. The zero-order chi connectivity index (χ0) is 6.41. The summed E-state index contributed by atoms with van der Waals surface area (Å²) >= 11 is 0. The second-order valence-electron chi connectivity index (χ2n) is 1.43. The van der Waals surface area contributed by atoms with E-state index in [1.165, 1.54) is 0 Å². The van der Waals surface area contributed by atoms with Gasteiger partial charge in [0.1, 0.15) is 6.23 Å². The highest BCUT2D eigenvalue weighted by Gasteiger charge is 1.92. The second kappa shape index (κ2) is 4.99. The number of hydrogen-bond acceptors (Lipinski definition) is 4. The van der Waals surface area contributed by atoms with Crippen molar-refractivity contribution in [3.05, 3.63) is 0 Å². The van der Waals surface area contributed by atoms with Crippen molar-refractivity contribution in [2.24, 2.45) is 11.5 Å². The first-order chi connectivity index (χ1) is 3.77. The Labute approximate surface area is 48.4 Å². The average Bonchev–Trinajstić information content (AvgIpc) is 1.66. The molecule has 0 aliphatic heterocycles. The Balaban J connectivity index is 2.72. The number of hydrogen-bond donors (Lipinski definition) is 3. The molecule has 4 nitrogen and oxygen atoms in total. The molecule has 0 heterocycles. The van der Waals surface area contributed by atoms with E-state index < -0.39 is 6.23 Å².